The first-order valence-electron chi connectivity index (χ1n) is 18.8. The molecular weight excluding hydrogens is 721 g/mol. The first kappa shape index (κ1) is 31.8. The van der Waals surface area contributed by atoms with Gasteiger partial charge in [0.1, 0.15) is 16.7 Å². The highest BCUT2D eigenvalue weighted by Crippen LogP contribution is 2.42. The maximum atomic E-state index is 6.44. The first-order chi connectivity index (χ1) is 28.2. The van der Waals surface area contributed by atoms with Gasteiger partial charge in [-0.25, -0.2) is 19.9 Å². The third-order valence-electron chi connectivity index (χ3n) is 10.8. The maximum absolute atomic E-state index is 6.44. The van der Waals surface area contributed by atoms with Gasteiger partial charge in [-0.15, -0.1) is 11.3 Å². The molecule has 6 nitrogen and oxygen atoms in total. The quantitative estimate of drug-likeness (QED) is 0.174. The minimum Gasteiger partial charge on any atom is -0.456 e. The minimum atomic E-state index is 0.574. The van der Waals surface area contributed by atoms with E-state index in [1.165, 1.54) is 25.7 Å². The average molecular weight is 749 g/mol. The number of aromatic nitrogens is 4. The molecule has 0 aliphatic heterocycles. The number of benzene rings is 8. The van der Waals surface area contributed by atoms with Crippen molar-refractivity contribution in [2.45, 2.75) is 0 Å². The lowest BCUT2D eigenvalue weighted by Gasteiger charge is -2.10. The molecule has 4 aromatic heterocycles. The number of oxazole rings is 1. The van der Waals surface area contributed by atoms with Gasteiger partial charge >= 0.3 is 0 Å². The normalized spacial score (nSPS) is 11.9. The molecule has 0 aliphatic carbocycles. The van der Waals surface area contributed by atoms with Crippen molar-refractivity contribution in [2.24, 2.45) is 0 Å². The van der Waals surface area contributed by atoms with E-state index in [1.54, 1.807) is 0 Å². The third kappa shape index (κ3) is 5.17. The Morgan fingerprint density at radius 3 is 1.79 bits per heavy atom. The van der Waals surface area contributed by atoms with E-state index >= 15 is 0 Å². The second-order valence-corrected chi connectivity index (χ2v) is 15.2. The molecule has 0 atom stereocenters. The molecule has 0 unspecified atom stereocenters. The zero-order chi connectivity index (χ0) is 37.5. The molecule has 0 bridgehead atoms. The zero-order valence-electron chi connectivity index (χ0n) is 30.2. The van der Waals surface area contributed by atoms with E-state index in [2.05, 4.69) is 91.0 Å². The fourth-order valence-electron chi connectivity index (χ4n) is 8.03. The van der Waals surface area contributed by atoms with Gasteiger partial charge in [-0.05, 0) is 64.4 Å². The second-order valence-electron chi connectivity index (χ2n) is 14.2. The Hall–Kier alpha value is -7.48. The van der Waals surface area contributed by atoms with Crippen LogP contribution < -0.4 is 0 Å². The highest BCUT2D eigenvalue weighted by Gasteiger charge is 2.20. The predicted molar refractivity (Wildman–Crippen MR) is 232 cm³/mol. The fraction of sp³-hybridized carbons (Fsp3) is 0. The summed E-state index contributed by atoms with van der Waals surface area (Å²) in [7, 11) is 0. The zero-order valence-corrected chi connectivity index (χ0v) is 31.0. The standard InChI is InChI=1S/C50H28N4O2S/c1-3-10-31(11-4-1)47-52-48(32-21-18-29(19-22-32)35-15-9-16-37-36-14-7-8-17-42(36)57-46(35)37)54-49(53-47)34-23-20-30-24-25-39-43(38(30)28-34)44-40(55-39)26-27-41-45(44)51-50(56-41)33-12-5-2-6-13-33/h1-28H. The number of nitrogens with zero attached hydrogens (tertiary/aromatic N) is 4. The van der Waals surface area contributed by atoms with Crippen LogP contribution in [-0.4, -0.2) is 19.9 Å². The van der Waals surface area contributed by atoms with Crippen LogP contribution in [0.2, 0.25) is 0 Å². The summed E-state index contributed by atoms with van der Waals surface area (Å²) in [4.78, 5) is 20.2. The van der Waals surface area contributed by atoms with Crippen LogP contribution in [0, 0.1) is 0 Å². The Morgan fingerprint density at radius 1 is 0.386 bits per heavy atom. The van der Waals surface area contributed by atoms with E-state index < -0.39 is 0 Å². The smallest absolute Gasteiger partial charge is 0.227 e. The van der Waals surface area contributed by atoms with Gasteiger partial charge in [0.2, 0.25) is 5.89 Å². The van der Waals surface area contributed by atoms with Gasteiger partial charge in [0.15, 0.2) is 23.1 Å². The Balaban J connectivity index is 1.01. The summed E-state index contributed by atoms with van der Waals surface area (Å²) >= 11 is 1.84. The molecule has 8 aromatic carbocycles. The molecule has 0 N–H and O–H groups in total. The van der Waals surface area contributed by atoms with Crippen LogP contribution in [-0.2, 0) is 0 Å². The number of furan rings is 1. The number of thiophene rings is 1. The van der Waals surface area contributed by atoms with E-state index in [1.807, 2.05) is 90.2 Å². The van der Waals surface area contributed by atoms with Crippen LogP contribution >= 0.6 is 11.3 Å². The van der Waals surface area contributed by atoms with E-state index in [-0.39, 0.29) is 0 Å². The van der Waals surface area contributed by atoms with Crippen LogP contribution in [0.3, 0.4) is 0 Å². The summed E-state index contributed by atoms with van der Waals surface area (Å²) in [6.45, 7) is 0. The molecule has 266 valence electrons. The number of hydrogen-bond donors (Lipinski definition) is 0. The summed E-state index contributed by atoms with van der Waals surface area (Å²) in [6, 6.07) is 58.2. The van der Waals surface area contributed by atoms with Crippen LogP contribution in [0.1, 0.15) is 0 Å². The number of fused-ring (bicyclic) bond motifs is 10. The molecule has 0 fully saturated rings. The largest absolute Gasteiger partial charge is 0.456 e. The molecule has 0 radical (unpaired) electrons. The number of hydrogen-bond acceptors (Lipinski definition) is 7. The van der Waals surface area contributed by atoms with Crippen molar-refractivity contribution >= 4 is 75.3 Å². The van der Waals surface area contributed by atoms with Crippen LogP contribution in [0.4, 0.5) is 0 Å². The van der Waals surface area contributed by atoms with Crippen LogP contribution in [0.5, 0.6) is 0 Å². The Bertz CT molecular complexity index is 3520. The monoisotopic (exact) mass is 748 g/mol. The highest BCUT2D eigenvalue weighted by atomic mass is 32.1. The molecule has 12 aromatic rings. The maximum Gasteiger partial charge on any atom is 0.227 e. The minimum absolute atomic E-state index is 0.574. The van der Waals surface area contributed by atoms with Crippen molar-refractivity contribution in [3.63, 3.8) is 0 Å². The lowest BCUT2D eigenvalue weighted by atomic mass is 10.0. The Kier molecular flexibility index (Phi) is 7.00. The van der Waals surface area contributed by atoms with Crippen molar-refractivity contribution in [2.75, 3.05) is 0 Å². The summed E-state index contributed by atoms with van der Waals surface area (Å²) in [5.41, 5.74) is 8.99. The summed E-state index contributed by atoms with van der Waals surface area (Å²) < 4.78 is 15.3. The predicted octanol–water partition coefficient (Wildman–Crippen LogP) is 13.8. The lowest BCUT2D eigenvalue weighted by Crippen LogP contribution is -2.00. The second kappa shape index (κ2) is 12.5. The molecule has 12 rings (SSSR count). The Labute approximate surface area is 329 Å². The molecule has 0 amide bonds. The summed E-state index contributed by atoms with van der Waals surface area (Å²) in [5, 5.41) is 6.56. The number of rotatable bonds is 5. The molecule has 0 aliphatic rings. The van der Waals surface area contributed by atoms with Crippen LogP contribution in [0.15, 0.2) is 179 Å². The van der Waals surface area contributed by atoms with Crippen molar-refractivity contribution < 1.29 is 8.83 Å². The molecule has 0 saturated carbocycles. The third-order valence-corrected chi connectivity index (χ3v) is 12.0. The lowest BCUT2D eigenvalue weighted by molar-refractivity contribution is 0.619. The van der Waals surface area contributed by atoms with E-state index in [9.17, 15) is 0 Å². The highest BCUT2D eigenvalue weighted by molar-refractivity contribution is 7.26. The molecule has 57 heavy (non-hydrogen) atoms. The molecule has 0 saturated heterocycles. The molecule has 7 heteroatoms. The van der Waals surface area contributed by atoms with Gasteiger partial charge in [-0.1, -0.05) is 127 Å². The van der Waals surface area contributed by atoms with E-state index in [0.29, 0.717) is 28.9 Å². The first-order valence-corrected chi connectivity index (χ1v) is 19.6. The van der Waals surface area contributed by atoms with E-state index in [0.717, 1.165) is 66.0 Å². The van der Waals surface area contributed by atoms with Gasteiger partial charge in [-0.3, -0.25) is 0 Å². The molecule has 4 heterocycles. The SMILES string of the molecule is c1ccc(-c2nc(-c3ccc(-c4cccc5c4sc4ccccc45)cc3)nc(-c3ccc4ccc5oc6ccc7oc(-c8ccccc8)nc7c6c5c4c3)n2)cc1. The fourth-order valence-corrected chi connectivity index (χ4v) is 9.27. The van der Waals surface area contributed by atoms with Crippen molar-refractivity contribution in [3.05, 3.63) is 170 Å². The summed E-state index contributed by atoms with van der Waals surface area (Å²) in [6.07, 6.45) is 0. The molecule has 0 spiro atoms. The van der Waals surface area contributed by atoms with Gasteiger partial charge in [0, 0.05) is 47.8 Å². The Morgan fingerprint density at radius 2 is 0.982 bits per heavy atom. The van der Waals surface area contributed by atoms with Crippen molar-refractivity contribution in [3.8, 4) is 56.7 Å². The van der Waals surface area contributed by atoms with Gasteiger partial charge in [0.25, 0.3) is 0 Å². The van der Waals surface area contributed by atoms with Crippen molar-refractivity contribution in [1.29, 1.82) is 0 Å². The summed E-state index contributed by atoms with van der Waals surface area (Å²) in [5.74, 6) is 2.38. The van der Waals surface area contributed by atoms with E-state index in [4.69, 9.17) is 28.8 Å². The average Bonchev–Trinajstić information content (AvgIpc) is 4.00. The van der Waals surface area contributed by atoms with Crippen LogP contribution in [0.25, 0.3) is 121 Å². The van der Waals surface area contributed by atoms with Gasteiger partial charge in [0.05, 0.1) is 5.39 Å². The molecular formula is C50H28N4O2S. The van der Waals surface area contributed by atoms with Gasteiger partial charge in [-0.2, -0.15) is 0 Å². The van der Waals surface area contributed by atoms with Crippen molar-refractivity contribution in [1.82, 2.24) is 19.9 Å². The topological polar surface area (TPSA) is 77.8 Å². The van der Waals surface area contributed by atoms with Gasteiger partial charge < -0.3 is 8.83 Å².